The Morgan fingerprint density at radius 3 is 2.95 bits per heavy atom. The molecule has 2 nitrogen and oxygen atoms in total. The summed E-state index contributed by atoms with van der Waals surface area (Å²) in [6, 6.07) is 13.2. The van der Waals surface area contributed by atoms with E-state index >= 15 is 0 Å². The molecular weight excluding hydrogens is 264 g/mol. The first-order valence-corrected chi connectivity index (χ1v) is 8.37. The van der Waals surface area contributed by atoms with Crippen LogP contribution in [0, 0.1) is 0 Å². The predicted octanol–water partition coefficient (Wildman–Crippen LogP) is 3.68. The number of nitrogens with zero attached hydrogens (tertiary/aromatic N) is 1. The Balaban J connectivity index is 1.54. The van der Waals surface area contributed by atoms with Crippen LogP contribution in [-0.2, 0) is 13.0 Å². The Labute approximate surface area is 125 Å². The molecule has 1 aliphatic rings. The van der Waals surface area contributed by atoms with Gasteiger partial charge in [-0.25, -0.2) is 0 Å². The van der Waals surface area contributed by atoms with Crippen LogP contribution in [0.3, 0.4) is 0 Å². The van der Waals surface area contributed by atoms with E-state index in [-0.39, 0.29) is 0 Å². The molecule has 0 saturated heterocycles. The molecule has 0 spiro atoms. The molecule has 0 bridgehead atoms. The number of fused-ring (bicyclic) bond motifs is 1. The highest BCUT2D eigenvalue weighted by Gasteiger charge is 2.13. The standard InChI is InChI=1S/C17H22N2S/c1-2-9-17-15(6-1)7-3-4-11-19(17)12-10-18-14-16-8-5-13-20-16/h1-2,5-6,8-9,13,18H,3-4,7,10-12,14H2. The summed E-state index contributed by atoms with van der Waals surface area (Å²) in [6.07, 6.45) is 3.85. The number of anilines is 1. The van der Waals surface area contributed by atoms with Crippen molar-refractivity contribution in [3.05, 3.63) is 52.2 Å². The maximum Gasteiger partial charge on any atom is 0.0399 e. The fourth-order valence-electron chi connectivity index (χ4n) is 2.84. The summed E-state index contributed by atoms with van der Waals surface area (Å²) in [5.41, 5.74) is 2.96. The number of rotatable bonds is 5. The van der Waals surface area contributed by atoms with E-state index in [1.165, 1.54) is 41.9 Å². The van der Waals surface area contributed by atoms with Crippen molar-refractivity contribution in [2.45, 2.75) is 25.8 Å². The number of aryl methyl sites for hydroxylation is 1. The van der Waals surface area contributed by atoms with Gasteiger partial charge in [0, 0.05) is 36.7 Å². The Morgan fingerprint density at radius 1 is 1.10 bits per heavy atom. The van der Waals surface area contributed by atoms with Crippen LogP contribution in [0.4, 0.5) is 5.69 Å². The van der Waals surface area contributed by atoms with Gasteiger partial charge in [0.15, 0.2) is 0 Å². The third-order valence-electron chi connectivity index (χ3n) is 3.89. The minimum Gasteiger partial charge on any atom is -0.370 e. The molecule has 0 saturated carbocycles. The summed E-state index contributed by atoms with van der Waals surface area (Å²) in [7, 11) is 0. The maximum atomic E-state index is 3.56. The lowest BCUT2D eigenvalue weighted by Crippen LogP contribution is -2.32. The van der Waals surface area contributed by atoms with E-state index in [0.29, 0.717) is 0 Å². The van der Waals surface area contributed by atoms with Crippen molar-refractivity contribution in [1.29, 1.82) is 0 Å². The number of hydrogen-bond donors (Lipinski definition) is 1. The number of thiophene rings is 1. The SMILES string of the molecule is c1csc(CNCCN2CCCCc3ccccc32)c1. The van der Waals surface area contributed by atoms with E-state index in [1.807, 2.05) is 11.3 Å². The van der Waals surface area contributed by atoms with E-state index in [1.54, 1.807) is 0 Å². The monoisotopic (exact) mass is 286 g/mol. The van der Waals surface area contributed by atoms with Crippen LogP contribution in [0.15, 0.2) is 41.8 Å². The summed E-state index contributed by atoms with van der Waals surface area (Å²) in [5.74, 6) is 0. The maximum absolute atomic E-state index is 3.56. The summed E-state index contributed by atoms with van der Waals surface area (Å²) in [5, 5.41) is 5.70. The molecule has 106 valence electrons. The second kappa shape index (κ2) is 6.91. The summed E-state index contributed by atoms with van der Waals surface area (Å²) in [6.45, 7) is 4.33. The third-order valence-corrected chi connectivity index (χ3v) is 4.77. The van der Waals surface area contributed by atoms with Crippen molar-refractivity contribution in [3.8, 4) is 0 Å². The number of hydrogen-bond acceptors (Lipinski definition) is 3. The molecule has 0 amide bonds. The van der Waals surface area contributed by atoms with Gasteiger partial charge in [-0.1, -0.05) is 24.3 Å². The largest absolute Gasteiger partial charge is 0.370 e. The third kappa shape index (κ3) is 3.41. The fraction of sp³-hybridized carbons (Fsp3) is 0.412. The first-order chi connectivity index (χ1) is 9.93. The van der Waals surface area contributed by atoms with Gasteiger partial charge < -0.3 is 10.2 Å². The van der Waals surface area contributed by atoms with Gasteiger partial charge in [0.25, 0.3) is 0 Å². The second-order valence-electron chi connectivity index (χ2n) is 5.33. The second-order valence-corrected chi connectivity index (χ2v) is 6.36. The molecule has 0 radical (unpaired) electrons. The van der Waals surface area contributed by atoms with E-state index in [4.69, 9.17) is 0 Å². The minimum absolute atomic E-state index is 0.993. The van der Waals surface area contributed by atoms with Gasteiger partial charge in [0.1, 0.15) is 0 Å². The Bertz CT molecular complexity index is 522. The molecule has 0 fully saturated rings. The first-order valence-electron chi connectivity index (χ1n) is 7.49. The predicted molar refractivity (Wildman–Crippen MR) is 87.6 cm³/mol. The quantitative estimate of drug-likeness (QED) is 0.844. The van der Waals surface area contributed by atoms with Gasteiger partial charge in [-0.2, -0.15) is 0 Å². The van der Waals surface area contributed by atoms with E-state index in [2.05, 4.69) is 52.0 Å². The first kappa shape index (κ1) is 13.7. The van der Waals surface area contributed by atoms with Crippen molar-refractivity contribution in [2.24, 2.45) is 0 Å². The number of benzene rings is 1. The lowest BCUT2D eigenvalue weighted by atomic mass is 10.1. The van der Waals surface area contributed by atoms with E-state index < -0.39 is 0 Å². The zero-order chi connectivity index (χ0) is 13.6. The summed E-state index contributed by atoms with van der Waals surface area (Å²) >= 11 is 1.82. The molecule has 1 aromatic carbocycles. The average molecular weight is 286 g/mol. The number of para-hydroxylation sites is 1. The normalized spacial score (nSPS) is 14.9. The van der Waals surface area contributed by atoms with Crippen LogP contribution >= 0.6 is 11.3 Å². The van der Waals surface area contributed by atoms with Crippen LogP contribution in [0.5, 0.6) is 0 Å². The lowest BCUT2D eigenvalue weighted by molar-refractivity contribution is 0.649. The molecule has 1 N–H and O–H groups in total. The molecular formula is C17H22N2S. The Morgan fingerprint density at radius 2 is 2.05 bits per heavy atom. The molecule has 0 aliphatic carbocycles. The smallest absolute Gasteiger partial charge is 0.0399 e. The van der Waals surface area contributed by atoms with Crippen LogP contribution < -0.4 is 10.2 Å². The minimum atomic E-state index is 0.993. The lowest BCUT2D eigenvalue weighted by Gasteiger charge is -2.25. The Kier molecular flexibility index (Phi) is 4.72. The fourth-order valence-corrected chi connectivity index (χ4v) is 3.51. The molecule has 1 aliphatic heterocycles. The highest BCUT2D eigenvalue weighted by Crippen LogP contribution is 2.25. The zero-order valence-corrected chi connectivity index (χ0v) is 12.7. The number of nitrogens with one attached hydrogen (secondary N) is 1. The summed E-state index contributed by atoms with van der Waals surface area (Å²) in [4.78, 5) is 3.96. The molecule has 0 atom stereocenters. The van der Waals surface area contributed by atoms with Crippen LogP contribution in [0.25, 0.3) is 0 Å². The van der Waals surface area contributed by atoms with Crippen molar-refractivity contribution >= 4 is 17.0 Å². The highest BCUT2D eigenvalue weighted by atomic mass is 32.1. The van der Waals surface area contributed by atoms with E-state index in [0.717, 1.165) is 19.6 Å². The van der Waals surface area contributed by atoms with Crippen molar-refractivity contribution in [3.63, 3.8) is 0 Å². The van der Waals surface area contributed by atoms with Crippen molar-refractivity contribution in [1.82, 2.24) is 5.32 Å². The van der Waals surface area contributed by atoms with Gasteiger partial charge in [0.2, 0.25) is 0 Å². The molecule has 3 heteroatoms. The van der Waals surface area contributed by atoms with Gasteiger partial charge in [-0.15, -0.1) is 11.3 Å². The topological polar surface area (TPSA) is 15.3 Å². The average Bonchev–Trinajstić information content (AvgIpc) is 2.91. The van der Waals surface area contributed by atoms with Gasteiger partial charge in [-0.05, 0) is 42.3 Å². The van der Waals surface area contributed by atoms with Crippen molar-refractivity contribution in [2.75, 3.05) is 24.5 Å². The molecule has 3 rings (SSSR count). The van der Waals surface area contributed by atoms with Crippen LogP contribution in [0.2, 0.25) is 0 Å². The van der Waals surface area contributed by atoms with Gasteiger partial charge >= 0.3 is 0 Å². The van der Waals surface area contributed by atoms with Gasteiger partial charge in [-0.3, -0.25) is 0 Å². The molecule has 2 aromatic rings. The highest BCUT2D eigenvalue weighted by molar-refractivity contribution is 7.09. The van der Waals surface area contributed by atoms with Crippen LogP contribution in [0.1, 0.15) is 23.3 Å². The molecule has 20 heavy (non-hydrogen) atoms. The van der Waals surface area contributed by atoms with Gasteiger partial charge in [0.05, 0.1) is 0 Å². The van der Waals surface area contributed by atoms with Crippen molar-refractivity contribution < 1.29 is 0 Å². The molecule has 2 heterocycles. The van der Waals surface area contributed by atoms with Crippen LogP contribution in [-0.4, -0.2) is 19.6 Å². The molecule has 1 aromatic heterocycles. The van der Waals surface area contributed by atoms with E-state index in [9.17, 15) is 0 Å². The molecule has 0 unspecified atom stereocenters. The zero-order valence-electron chi connectivity index (χ0n) is 11.8. The summed E-state index contributed by atoms with van der Waals surface area (Å²) < 4.78 is 0. The Hall–Kier alpha value is -1.32.